The van der Waals surface area contributed by atoms with Gasteiger partial charge in [-0.1, -0.05) is 34.1 Å². The lowest BCUT2D eigenvalue weighted by Crippen LogP contribution is -2.48. The van der Waals surface area contributed by atoms with Crippen molar-refractivity contribution in [3.05, 3.63) is 0 Å². The van der Waals surface area contributed by atoms with Crippen LogP contribution < -0.4 is 5.32 Å². The van der Waals surface area contributed by atoms with Crippen LogP contribution in [0.15, 0.2) is 0 Å². The van der Waals surface area contributed by atoms with Gasteiger partial charge in [-0.05, 0) is 25.3 Å². The van der Waals surface area contributed by atoms with Gasteiger partial charge in [-0.2, -0.15) is 23.5 Å². The Balaban J connectivity index is 2.58. The molecular weight excluding hydrogens is 246 g/mol. The molecule has 4 atom stereocenters. The van der Waals surface area contributed by atoms with Crippen molar-refractivity contribution in [2.24, 2.45) is 5.92 Å². The summed E-state index contributed by atoms with van der Waals surface area (Å²) in [5.41, 5.74) is 0. The minimum Gasteiger partial charge on any atom is -0.313 e. The second kappa shape index (κ2) is 8.71. The zero-order valence-electron chi connectivity index (χ0n) is 11.9. The van der Waals surface area contributed by atoms with Crippen LogP contribution in [0.2, 0.25) is 0 Å². The molecule has 0 bridgehead atoms. The first-order valence-corrected chi connectivity index (χ1v) is 9.27. The maximum absolute atomic E-state index is 3.82. The smallest absolute Gasteiger partial charge is 0.0320 e. The lowest BCUT2D eigenvalue weighted by atomic mass is 9.92. The van der Waals surface area contributed by atoms with E-state index >= 15 is 0 Å². The molecule has 1 heterocycles. The Labute approximate surface area is 116 Å². The monoisotopic (exact) mass is 275 g/mol. The standard InChI is InChI=1S/C14H29NS2/c1-5-7-11(3)13(15-8-6-2)14-12(4)16-9-10-17-14/h11-15H,5-10H2,1-4H3. The highest BCUT2D eigenvalue weighted by Gasteiger charge is 2.32. The fraction of sp³-hybridized carbons (Fsp3) is 1.00. The molecule has 1 rings (SSSR count). The SMILES string of the molecule is CCCNC(C(C)CCC)C1SCCSC1C. The summed E-state index contributed by atoms with van der Waals surface area (Å²) in [7, 11) is 0. The zero-order valence-corrected chi connectivity index (χ0v) is 13.5. The number of hydrogen-bond acceptors (Lipinski definition) is 3. The van der Waals surface area contributed by atoms with Crippen LogP contribution in [-0.2, 0) is 0 Å². The van der Waals surface area contributed by atoms with E-state index in [0.717, 1.165) is 16.4 Å². The number of rotatable bonds is 7. The lowest BCUT2D eigenvalue weighted by Gasteiger charge is -2.38. The second-order valence-corrected chi connectivity index (χ2v) is 7.93. The predicted octanol–water partition coefficient (Wildman–Crippen LogP) is 4.03. The third-order valence-corrected chi connectivity index (χ3v) is 6.79. The van der Waals surface area contributed by atoms with Crippen LogP contribution in [0.4, 0.5) is 0 Å². The molecular formula is C14H29NS2. The van der Waals surface area contributed by atoms with E-state index in [4.69, 9.17) is 0 Å². The van der Waals surface area contributed by atoms with Crippen molar-refractivity contribution in [3.63, 3.8) is 0 Å². The van der Waals surface area contributed by atoms with E-state index in [2.05, 4.69) is 56.5 Å². The molecule has 1 nitrogen and oxygen atoms in total. The van der Waals surface area contributed by atoms with E-state index in [-0.39, 0.29) is 0 Å². The van der Waals surface area contributed by atoms with E-state index in [0.29, 0.717) is 6.04 Å². The van der Waals surface area contributed by atoms with Gasteiger partial charge < -0.3 is 5.32 Å². The molecule has 0 aromatic heterocycles. The van der Waals surface area contributed by atoms with Crippen molar-refractivity contribution in [2.75, 3.05) is 18.1 Å². The molecule has 1 saturated heterocycles. The van der Waals surface area contributed by atoms with Crippen LogP contribution in [0.25, 0.3) is 0 Å². The van der Waals surface area contributed by atoms with Crippen molar-refractivity contribution >= 4 is 23.5 Å². The molecule has 3 heteroatoms. The predicted molar refractivity (Wildman–Crippen MR) is 84.3 cm³/mol. The van der Waals surface area contributed by atoms with E-state index in [1.165, 1.54) is 37.3 Å². The molecule has 0 aromatic carbocycles. The first kappa shape index (κ1) is 15.7. The maximum atomic E-state index is 3.82. The van der Waals surface area contributed by atoms with Gasteiger partial charge in [0.2, 0.25) is 0 Å². The minimum atomic E-state index is 0.711. The summed E-state index contributed by atoms with van der Waals surface area (Å²) in [6.45, 7) is 10.6. The molecule has 4 unspecified atom stereocenters. The summed E-state index contributed by atoms with van der Waals surface area (Å²) >= 11 is 4.36. The summed E-state index contributed by atoms with van der Waals surface area (Å²) < 4.78 is 0. The molecule has 1 N–H and O–H groups in total. The van der Waals surface area contributed by atoms with E-state index in [9.17, 15) is 0 Å². The Morgan fingerprint density at radius 3 is 2.47 bits per heavy atom. The fourth-order valence-electron chi connectivity index (χ4n) is 2.63. The molecule has 0 amide bonds. The Bertz CT molecular complexity index is 199. The summed E-state index contributed by atoms with van der Waals surface area (Å²) in [6.07, 6.45) is 3.91. The summed E-state index contributed by atoms with van der Waals surface area (Å²) in [5.74, 6) is 3.48. The van der Waals surface area contributed by atoms with Crippen LogP contribution in [0, 0.1) is 5.92 Å². The molecule has 1 aliphatic rings. The Hall–Kier alpha value is 0.660. The average Bonchev–Trinajstić information content (AvgIpc) is 2.32. The van der Waals surface area contributed by atoms with Gasteiger partial charge in [0.25, 0.3) is 0 Å². The first-order chi connectivity index (χ1) is 8.20. The van der Waals surface area contributed by atoms with Crippen LogP contribution in [-0.4, -0.2) is 34.6 Å². The van der Waals surface area contributed by atoms with Crippen LogP contribution in [0.5, 0.6) is 0 Å². The summed E-state index contributed by atoms with van der Waals surface area (Å²) in [5, 5.41) is 5.44. The number of hydrogen-bond donors (Lipinski definition) is 1. The molecule has 0 radical (unpaired) electrons. The Morgan fingerprint density at radius 1 is 1.18 bits per heavy atom. The van der Waals surface area contributed by atoms with Crippen molar-refractivity contribution < 1.29 is 0 Å². The molecule has 0 saturated carbocycles. The highest BCUT2D eigenvalue weighted by molar-refractivity contribution is 8.07. The van der Waals surface area contributed by atoms with Gasteiger partial charge in [0.05, 0.1) is 0 Å². The zero-order chi connectivity index (χ0) is 12.7. The second-order valence-electron chi connectivity index (χ2n) is 5.16. The van der Waals surface area contributed by atoms with Crippen molar-refractivity contribution in [1.82, 2.24) is 5.32 Å². The Kier molecular flexibility index (Phi) is 8.05. The largest absolute Gasteiger partial charge is 0.313 e. The van der Waals surface area contributed by atoms with E-state index in [1.54, 1.807) is 0 Å². The third-order valence-electron chi connectivity index (χ3n) is 3.58. The van der Waals surface area contributed by atoms with E-state index < -0.39 is 0 Å². The highest BCUT2D eigenvalue weighted by Crippen LogP contribution is 2.35. The topological polar surface area (TPSA) is 12.0 Å². The van der Waals surface area contributed by atoms with Crippen molar-refractivity contribution in [1.29, 1.82) is 0 Å². The molecule has 17 heavy (non-hydrogen) atoms. The first-order valence-electron chi connectivity index (χ1n) is 7.17. The van der Waals surface area contributed by atoms with Crippen molar-refractivity contribution in [2.45, 2.75) is 63.5 Å². The quantitative estimate of drug-likeness (QED) is 0.753. The van der Waals surface area contributed by atoms with Gasteiger partial charge in [-0.15, -0.1) is 0 Å². The number of thioether (sulfide) groups is 2. The third kappa shape index (κ3) is 5.04. The van der Waals surface area contributed by atoms with Crippen LogP contribution in [0.3, 0.4) is 0 Å². The Morgan fingerprint density at radius 2 is 1.88 bits per heavy atom. The molecule has 0 aliphatic carbocycles. The molecule has 0 spiro atoms. The molecule has 1 aliphatic heterocycles. The maximum Gasteiger partial charge on any atom is 0.0320 e. The molecule has 1 fully saturated rings. The average molecular weight is 276 g/mol. The van der Waals surface area contributed by atoms with Crippen LogP contribution >= 0.6 is 23.5 Å². The molecule has 0 aromatic rings. The minimum absolute atomic E-state index is 0.711. The van der Waals surface area contributed by atoms with Crippen LogP contribution in [0.1, 0.15) is 47.0 Å². The summed E-state index contributed by atoms with van der Waals surface area (Å²) in [6, 6.07) is 0.711. The highest BCUT2D eigenvalue weighted by atomic mass is 32.2. The van der Waals surface area contributed by atoms with E-state index in [1.807, 2.05) is 0 Å². The fourth-order valence-corrected chi connectivity index (χ4v) is 5.72. The van der Waals surface area contributed by atoms with Gasteiger partial charge in [-0.25, -0.2) is 0 Å². The molecule has 102 valence electrons. The van der Waals surface area contributed by atoms with Gasteiger partial charge >= 0.3 is 0 Å². The normalized spacial score (nSPS) is 28.9. The van der Waals surface area contributed by atoms with Gasteiger partial charge in [-0.3, -0.25) is 0 Å². The van der Waals surface area contributed by atoms with Gasteiger partial charge in [0, 0.05) is 28.0 Å². The van der Waals surface area contributed by atoms with Gasteiger partial charge in [0.15, 0.2) is 0 Å². The lowest BCUT2D eigenvalue weighted by molar-refractivity contribution is 0.344. The summed E-state index contributed by atoms with van der Waals surface area (Å²) in [4.78, 5) is 0. The van der Waals surface area contributed by atoms with Crippen molar-refractivity contribution in [3.8, 4) is 0 Å². The van der Waals surface area contributed by atoms with Gasteiger partial charge in [0.1, 0.15) is 0 Å². The number of nitrogens with one attached hydrogen (secondary N) is 1.